The molecule has 0 aliphatic carbocycles. The molecule has 0 aliphatic rings. The number of halogens is 1. The molecule has 0 bridgehead atoms. The van der Waals surface area contributed by atoms with E-state index in [-0.39, 0.29) is 23.7 Å². The van der Waals surface area contributed by atoms with Crippen molar-refractivity contribution < 1.29 is 4.79 Å². The second-order valence-electron chi connectivity index (χ2n) is 5.24. The van der Waals surface area contributed by atoms with Crippen LogP contribution < -0.4 is 11.1 Å². The summed E-state index contributed by atoms with van der Waals surface area (Å²) in [6, 6.07) is 7.93. The highest BCUT2D eigenvalue weighted by atomic mass is 35.5. The largest absolute Gasteiger partial charge is 0.330 e. The summed E-state index contributed by atoms with van der Waals surface area (Å²) in [5.74, 6) is 0.0344. The number of carbonyl (C=O) groups excluding carboxylic acids is 1. The predicted molar refractivity (Wildman–Crippen MR) is 79.3 cm³/mol. The summed E-state index contributed by atoms with van der Waals surface area (Å²) in [5.41, 5.74) is 7.47. The van der Waals surface area contributed by atoms with Gasteiger partial charge in [-0.05, 0) is 30.0 Å². The fraction of sp³-hybridized carbons (Fsp3) is 0.500. The Bertz CT molecular complexity index is 386. The molecule has 4 heteroatoms. The Labute approximate surface area is 116 Å². The third kappa shape index (κ3) is 5.07. The van der Waals surface area contributed by atoms with Gasteiger partial charge in [0.15, 0.2) is 0 Å². The summed E-state index contributed by atoms with van der Waals surface area (Å²) < 4.78 is 0. The molecule has 102 valence electrons. The van der Waals surface area contributed by atoms with Crippen LogP contribution in [-0.2, 0) is 10.2 Å². The highest BCUT2D eigenvalue weighted by Crippen LogP contribution is 2.29. The summed E-state index contributed by atoms with van der Waals surface area (Å²) in [6.07, 6.45) is 1.21. The Hall–Kier alpha value is -1.06. The first kappa shape index (κ1) is 16.9. The third-order valence-corrected chi connectivity index (χ3v) is 2.62. The quantitative estimate of drug-likeness (QED) is 0.883. The van der Waals surface area contributed by atoms with Gasteiger partial charge in [0.1, 0.15) is 0 Å². The Morgan fingerprint density at radius 2 is 1.89 bits per heavy atom. The van der Waals surface area contributed by atoms with Crippen LogP contribution in [0, 0.1) is 0 Å². The molecule has 0 aromatic heterocycles. The normalized spacial score (nSPS) is 10.7. The number of rotatable bonds is 4. The molecule has 0 saturated heterocycles. The topological polar surface area (TPSA) is 55.1 Å². The molecule has 0 fully saturated rings. The molecular formula is C14H23ClN2O. The van der Waals surface area contributed by atoms with Gasteiger partial charge in [-0.15, -0.1) is 12.4 Å². The highest BCUT2D eigenvalue weighted by Gasteiger charge is 2.18. The van der Waals surface area contributed by atoms with Crippen molar-refractivity contribution in [3.8, 4) is 0 Å². The van der Waals surface area contributed by atoms with Gasteiger partial charge in [-0.25, -0.2) is 0 Å². The second-order valence-corrected chi connectivity index (χ2v) is 5.24. The van der Waals surface area contributed by atoms with E-state index in [1.807, 2.05) is 18.2 Å². The number of hydrogen-bond donors (Lipinski definition) is 2. The molecule has 18 heavy (non-hydrogen) atoms. The lowest BCUT2D eigenvalue weighted by atomic mass is 9.86. The second kappa shape index (κ2) is 7.39. The van der Waals surface area contributed by atoms with Gasteiger partial charge in [-0.2, -0.15) is 0 Å². The van der Waals surface area contributed by atoms with E-state index in [4.69, 9.17) is 5.73 Å². The summed E-state index contributed by atoms with van der Waals surface area (Å²) in [4.78, 5) is 11.7. The maximum absolute atomic E-state index is 11.7. The van der Waals surface area contributed by atoms with E-state index in [9.17, 15) is 4.79 Å². The van der Waals surface area contributed by atoms with E-state index in [0.717, 1.165) is 17.7 Å². The van der Waals surface area contributed by atoms with Gasteiger partial charge in [0.2, 0.25) is 5.91 Å². The van der Waals surface area contributed by atoms with Crippen LogP contribution in [0.2, 0.25) is 0 Å². The molecule has 1 rings (SSSR count). The van der Waals surface area contributed by atoms with E-state index in [0.29, 0.717) is 13.0 Å². The smallest absolute Gasteiger partial charge is 0.224 e. The van der Waals surface area contributed by atoms with E-state index < -0.39 is 0 Å². The van der Waals surface area contributed by atoms with Crippen molar-refractivity contribution >= 4 is 24.0 Å². The lowest BCUT2D eigenvalue weighted by molar-refractivity contribution is -0.116. The summed E-state index contributed by atoms with van der Waals surface area (Å²) in [7, 11) is 0. The molecule has 0 heterocycles. The third-order valence-electron chi connectivity index (χ3n) is 2.62. The molecule has 0 radical (unpaired) electrons. The Morgan fingerprint density at radius 1 is 1.28 bits per heavy atom. The molecule has 0 spiro atoms. The number of amides is 1. The number of carbonyl (C=O) groups is 1. The van der Waals surface area contributed by atoms with Crippen LogP contribution in [0.3, 0.4) is 0 Å². The van der Waals surface area contributed by atoms with Crippen molar-refractivity contribution in [2.24, 2.45) is 5.73 Å². The fourth-order valence-electron chi connectivity index (χ4n) is 1.72. The van der Waals surface area contributed by atoms with Gasteiger partial charge in [0.05, 0.1) is 0 Å². The summed E-state index contributed by atoms with van der Waals surface area (Å²) in [6.45, 7) is 6.96. The molecule has 3 nitrogen and oxygen atoms in total. The molecule has 1 amide bonds. The molecule has 0 unspecified atom stereocenters. The van der Waals surface area contributed by atoms with Crippen molar-refractivity contribution in [2.75, 3.05) is 11.9 Å². The van der Waals surface area contributed by atoms with Crippen LogP contribution in [0.1, 0.15) is 39.2 Å². The van der Waals surface area contributed by atoms with Crippen molar-refractivity contribution in [3.63, 3.8) is 0 Å². The predicted octanol–water partition coefficient (Wildman–Crippen LogP) is 3.08. The van der Waals surface area contributed by atoms with Gasteiger partial charge in [-0.3, -0.25) is 4.79 Å². The van der Waals surface area contributed by atoms with Gasteiger partial charge in [-0.1, -0.05) is 39.0 Å². The Kier molecular flexibility index (Phi) is 6.96. The van der Waals surface area contributed by atoms with Crippen LogP contribution in [0.15, 0.2) is 24.3 Å². The van der Waals surface area contributed by atoms with E-state index in [1.54, 1.807) is 0 Å². The van der Waals surface area contributed by atoms with E-state index >= 15 is 0 Å². The fourth-order valence-corrected chi connectivity index (χ4v) is 1.72. The minimum atomic E-state index is 0. The molecule has 0 saturated carbocycles. The van der Waals surface area contributed by atoms with Crippen LogP contribution in [0.5, 0.6) is 0 Å². The Balaban J connectivity index is 0.00000289. The van der Waals surface area contributed by atoms with Crippen molar-refractivity contribution in [1.82, 2.24) is 0 Å². The molecule has 3 N–H and O–H groups in total. The maximum Gasteiger partial charge on any atom is 0.224 e. The highest BCUT2D eigenvalue weighted by molar-refractivity contribution is 5.91. The number of para-hydroxylation sites is 1. The van der Waals surface area contributed by atoms with Crippen LogP contribution >= 0.6 is 12.4 Å². The average Bonchev–Trinajstić information content (AvgIpc) is 2.25. The minimum Gasteiger partial charge on any atom is -0.330 e. The summed E-state index contributed by atoms with van der Waals surface area (Å²) >= 11 is 0. The van der Waals surface area contributed by atoms with Crippen LogP contribution in [-0.4, -0.2) is 12.5 Å². The molecule has 0 aliphatic heterocycles. The van der Waals surface area contributed by atoms with Gasteiger partial charge < -0.3 is 11.1 Å². The number of hydrogen-bond acceptors (Lipinski definition) is 2. The van der Waals surface area contributed by atoms with Crippen LogP contribution in [0.25, 0.3) is 0 Å². The zero-order chi connectivity index (χ0) is 12.9. The SMILES string of the molecule is CC(C)(C)c1ccccc1NC(=O)CCCN.Cl. The Morgan fingerprint density at radius 3 is 2.44 bits per heavy atom. The van der Waals surface area contributed by atoms with E-state index in [1.165, 1.54) is 0 Å². The van der Waals surface area contributed by atoms with Crippen molar-refractivity contribution in [3.05, 3.63) is 29.8 Å². The minimum absolute atomic E-state index is 0. The molecule has 0 atom stereocenters. The number of nitrogens with one attached hydrogen (secondary N) is 1. The number of benzene rings is 1. The first-order chi connectivity index (χ1) is 7.95. The number of nitrogens with two attached hydrogens (primary N) is 1. The lowest BCUT2D eigenvalue weighted by Gasteiger charge is -2.23. The van der Waals surface area contributed by atoms with Gasteiger partial charge in [0, 0.05) is 12.1 Å². The molecule has 1 aromatic rings. The van der Waals surface area contributed by atoms with Gasteiger partial charge >= 0.3 is 0 Å². The number of anilines is 1. The molecular weight excluding hydrogens is 248 g/mol. The standard InChI is InChI=1S/C14H22N2O.ClH/c1-14(2,3)11-7-4-5-8-12(11)16-13(17)9-6-10-15;/h4-5,7-8H,6,9-10,15H2,1-3H3,(H,16,17);1H. The zero-order valence-electron chi connectivity index (χ0n) is 11.3. The molecule has 1 aromatic carbocycles. The van der Waals surface area contributed by atoms with Crippen molar-refractivity contribution in [1.29, 1.82) is 0 Å². The van der Waals surface area contributed by atoms with Crippen molar-refractivity contribution in [2.45, 2.75) is 39.0 Å². The lowest BCUT2D eigenvalue weighted by Crippen LogP contribution is -2.19. The van der Waals surface area contributed by atoms with Gasteiger partial charge in [0.25, 0.3) is 0 Å². The van der Waals surface area contributed by atoms with E-state index in [2.05, 4.69) is 32.2 Å². The zero-order valence-corrected chi connectivity index (χ0v) is 12.1. The first-order valence-corrected chi connectivity index (χ1v) is 6.04. The first-order valence-electron chi connectivity index (χ1n) is 6.04. The average molecular weight is 271 g/mol. The maximum atomic E-state index is 11.7. The van der Waals surface area contributed by atoms with Crippen LogP contribution in [0.4, 0.5) is 5.69 Å². The monoisotopic (exact) mass is 270 g/mol. The summed E-state index contributed by atoms with van der Waals surface area (Å²) in [5, 5.41) is 2.96.